The average Bonchev–Trinajstić information content (AvgIpc) is 3.19. The van der Waals surface area contributed by atoms with Crippen molar-refractivity contribution in [2.75, 3.05) is 44.6 Å². The number of carbonyl (C=O) groups excluding carboxylic acids is 2. The van der Waals surface area contributed by atoms with Crippen molar-refractivity contribution >= 4 is 17.5 Å². The van der Waals surface area contributed by atoms with Crippen LogP contribution in [0.15, 0.2) is 24.3 Å². The molecule has 0 aliphatic carbocycles. The number of nitrogens with zero attached hydrogens (tertiary/aromatic N) is 3. The maximum Gasteiger partial charge on any atom is 0.253 e. The normalized spacial score (nSPS) is 18.3. The third-order valence-corrected chi connectivity index (χ3v) is 5.88. The number of hydrogen-bond donors (Lipinski definition) is 1. The van der Waals surface area contributed by atoms with Crippen molar-refractivity contribution in [3.63, 3.8) is 0 Å². The van der Waals surface area contributed by atoms with Crippen molar-refractivity contribution in [3.05, 3.63) is 29.8 Å². The number of anilines is 1. The number of amides is 2. The van der Waals surface area contributed by atoms with Gasteiger partial charge in [-0.3, -0.25) is 19.4 Å². The van der Waals surface area contributed by atoms with Crippen LogP contribution >= 0.6 is 0 Å². The fraction of sp³-hybridized carbons (Fsp3) is 0.636. The molecule has 1 aromatic carbocycles. The number of likely N-dealkylation sites (tertiary alicyclic amines) is 1. The average molecular weight is 389 g/mol. The molecule has 1 saturated heterocycles. The molecule has 0 spiro atoms. The van der Waals surface area contributed by atoms with Gasteiger partial charge in [0.2, 0.25) is 5.91 Å². The van der Waals surface area contributed by atoms with E-state index in [9.17, 15) is 9.59 Å². The Balaban J connectivity index is 1.99. The van der Waals surface area contributed by atoms with E-state index in [1.807, 2.05) is 32.9 Å². The third kappa shape index (κ3) is 5.32. The van der Waals surface area contributed by atoms with Crippen LogP contribution in [-0.2, 0) is 4.79 Å². The summed E-state index contributed by atoms with van der Waals surface area (Å²) in [5, 5.41) is 3.00. The zero-order chi connectivity index (χ0) is 20.7. The smallest absolute Gasteiger partial charge is 0.253 e. The summed E-state index contributed by atoms with van der Waals surface area (Å²) in [7, 11) is 0. The van der Waals surface area contributed by atoms with Crippen LogP contribution in [0, 0.1) is 0 Å². The summed E-state index contributed by atoms with van der Waals surface area (Å²) in [4.78, 5) is 31.8. The van der Waals surface area contributed by atoms with E-state index in [0.29, 0.717) is 30.4 Å². The van der Waals surface area contributed by atoms with Crippen molar-refractivity contribution in [2.24, 2.45) is 0 Å². The van der Waals surface area contributed by atoms with Crippen LogP contribution in [0.25, 0.3) is 0 Å². The molecule has 6 nitrogen and oxygen atoms in total. The molecule has 1 N–H and O–H groups in total. The molecule has 1 aliphatic rings. The Kier molecular flexibility index (Phi) is 8.45. The molecule has 6 heteroatoms. The van der Waals surface area contributed by atoms with Crippen LogP contribution in [0.5, 0.6) is 0 Å². The lowest BCUT2D eigenvalue weighted by Gasteiger charge is -2.28. The van der Waals surface area contributed by atoms with E-state index < -0.39 is 0 Å². The summed E-state index contributed by atoms with van der Waals surface area (Å²) in [6.45, 7) is 15.6. The molecule has 1 fully saturated rings. The van der Waals surface area contributed by atoms with Gasteiger partial charge < -0.3 is 10.2 Å². The topological polar surface area (TPSA) is 55.9 Å². The maximum absolute atomic E-state index is 12.8. The van der Waals surface area contributed by atoms with E-state index in [0.717, 1.165) is 32.6 Å². The number of hydrogen-bond acceptors (Lipinski definition) is 4. The zero-order valence-electron chi connectivity index (χ0n) is 18.1. The van der Waals surface area contributed by atoms with Crippen molar-refractivity contribution in [1.82, 2.24) is 14.7 Å². The Morgan fingerprint density at radius 3 is 2.43 bits per heavy atom. The van der Waals surface area contributed by atoms with Gasteiger partial charge in [0.05, 0.1) is 6.04 Å². The van der Waals surface area contributed by atoms with Gasteiger partial charge in [-0.1, -0.05) is 19.9 Å². The standard InChI is InChI=1S/C22H36N4O2/c1-6-24(7-2)20-13-14-26(16-20)17(5)21(27)23-19-12-10-11-18(15-19)22(28)25(8-3)9-4/h10-12,15,17,20H,6-9,13-14,16H2,1-5H3,(H,23,27)/t17-,20-/m0/s1. The number of rotatable bonds is 9. The van der Waals surface area contributed by atoms with Crippen LogP contribution in [0.1, 0.15) is 51.4 Å². The van der Waals surface area contributed by atoms with Crippen LogP contribution in [0.3, 0.4) is 0 Å². The number of nitrogens with one attached hydrogen (secondary N) is 1. The predicted octanol–water partition coefficient (Wildman–Crippen LogP) is 2.91. The monoisotopic (exact) mass is 388 g/mol. The van der Waals surface area contributed by atoms with Gasteiger partial charge in [-0.2, -0.15) is 0 Å². The first kappa shape index (κ1) is 22.4. The fourth-order valence-corrected chi connectivity index (χ4v) is 3.99. The summed E-state index contributed by atoms with van der Waals surface area (Å²) < 4.78 is 0. The molecule has 0 bridgehead atoms. The highest BCUT2D eigenvalue weighted by Gasteiger charge is 2.31. The van der Waals surface area contributed by atoms with Gasteiger partial charge in [-0.15, -0.1) is 0 Å². The van der Waals surface area contributed by atoms with E-state index >= 15 is 0 Å². The van der Waals surface area contributed by atoms with Gasteiger partial charge in [0.1, 0.15) is 0 Å². The lowest BCUT2D eigenvalue weighted by Crippen LogP contribution is -2.43. The van der Waals surface area contributed by atoms with Gasteiger partial charge in [-0.05, 0) is 58.5 Å². The second-order valence-electron chi connectivity index (χ2n) is 7.38. The molecule has 1 aromatic rings. The quantitative estimate of drug-likeness (QED) is 0.707. The van der Waals surface area contributed by atoms with Crippen molar-refractivity contribution < 1.29 is 9.59 Å². The minimum absolute atomic E-state index is 0.00393. The van der Waals surface area contributed by atoms with Crippen LogP contribution < -0.4 is 5.32 Å². The Morgan fingerprint density at radius 2 is 1.82 bits per heavy atom. The minimum Gasteiger partial charge on any atom is -0.339 e. The SMILES string of the molecule is CCN(CC)C(=O)c1cccc(NC(=O)[C@H](C)N2CC[C@H](N(CC)CC)C2)c1. The van der Waals surface area contributed by atoms with Gasteiger partial charge in [0.25, 0.3) is 5.91 Å². The second kappa shape index (κ2) is 10.6. The van der Waals surface area contributed by atoms with Crippen LogP contribution in [0.4, 0.5) is 5.69 Å². The Labute approximate surface area is 169 Å². The Bertz CT molecular complexity index is 656. The molecule has 1 heterocycles. The Hall–Kier alpha value is -1.92. The first-order chi connectivity index (χ1) is 13.4. The fourth-order valence-electron chi connectivity index (χ4n) is 3.99. The highest BCUT2D eigenvalue weighted by Crippen LogP contribution is 2.19. The predicted molar refractivity (Wildman–Crippen MR) is 115 cm³/mol. The molecule has 1 aliphatic heterocycles. The van der Waals surface area contributed by atoms with E-state index in [1.54, 1.807) is 17.0 Å². The first-order valence-corrected chi connectivity index (χ1v) is 10.6. The molecule has 0 saturated carbocycles. The van der Waals surface area contributed by atoms with Gasteiger partial charge >= 0.3 is 0 Å². The first-order valence-electron chi connectivity index (χ1n) is 10.6. The molecule has 2 amide bonds. The summed E-state index contributed by atoms with van der Waals surface area (Å²) in [5.41, 5.74) is 1.28. The molecule has 0 radical (unpaired) electrons. The molecule has 0 aromatic heterocycles. The molecule has 2 atom stereocenters. The summed E-state index contributed by atoms with van der Waals surface area (Å²) in [6, 6.07) is 7.57. The van der Waals surface area contributed by atoms with E-state index in [2.05, 4.69) is 29.0 Å². The van der Waals surface area contributed by atoms with E-state index in [4.69, 9.17) is 0 Å². The number of benzene rings is 1. The maximum atomic E-state index is 12.8. The summed E-state index contributed by atoms with van der Waals surface area (Å²) in [6.07, 6.45) is 1.10. The lowest BCUT2D eigenvalue weighted by atomic mass is 10.1. The second-order valence-corrected chi connectivity index (χ2v) is 7.38. The molecular formula is C22H36N4O2. The third-order valence-electron chi connectivity index (χ3n) is 5.88. The summed E-state index contributed by atoms with van der Waals surface area (Å²) in [5.74, 6) is -0.0246. The Morgan fingerprint density at radius 1 is 1.14 bits per heavy atom. The van der Waals surface area contributed by atoms with Crippen molar-refractivity contribution in [2.45, 2.75) is 53.1 Å². The van der Waals surface area contributed by atoms with E-state index in [-0.39, 0.29) is 17.9 Å². The minimum atomic E-state index is -0.192. The molecule has 156 valence electrons. The summed E-state index contributed by atoms with van der Waals surface area (Å²) >= 11 is 0. The molecule has 2 rings (SSSR count). The zero-order valence-corrected chi connectivity index (χ0v) is 18.1. The highest BCUT2D eigenvalue weighted by molar-refractivity contribution is 5.98. The highest BCUT2D eigenvalue weighted by atomic mass is 16.2. The van der Waals surface area contributed by atoms with Gasteiger partial charge in [-0.25, -0.2) is 0 Å². The molecular weight excluding hydrogens is 352 g/mol. The molecule has 28 heavy (non-hydrogen) atoms. The van der Waals surface area contributed by atoms with E-state index in [1.165, 1.54) is 0 Å². The van der Waals surface area contributed by atoms with Gasteiger partial charge in [0.15, 0.2) is 0 Å². The number of likely N-dealkylation sites (N-methyl/N-ethyl adjacent to an activating group) is 1. The van der Waals surface area contributed by atoms with Crippen LogP contribution in [-0.4, -0.2) is 77.9 Å². The lowest BCUT2D eigenvalue weighted by molar-refractivity contribution is -0.120. The van der Waals surface area contributed by atoms with Crippen molar-refractivity contribution in [1.29, 1.82) is 0 Å². The largest absolute Gasteiger partial charge is 0.339 e. The molecule has 0 unspecified atom stereocenters. The van der Waals surface area contributed by atoms with Crippen LogP contribution in [0.2, 0.25) is 0 Å². The van der Waals surface area contributed by atoms with Crippen molar-refractivity contribution in [3.8, 4) is 0 Å². The van der Waals surface area contributed by atoms with Gasteiger partial charge in [0, 0.05) is 43.5 Å². The number of carbonyl (C=O) groups is 2.